The summed E-state index contributed by atoms with van der Waals surface area (Å²) >= 11 is 17.4. The van der Waals surface area contributed by atoms with Crippen LogP contribution in [0, 0.1) is 0 Å². The van der Waals surface area contributed by atoms with Gasteiger partial charge in [0.25, 0.3) is 0 Å². The number of aromatic nitrogens is 3. The highest BCUT2D eigenvalue weighted by Gasteiger charge is 2.08. The van der Waals surface area contributed by atoms with Gasteiger partial charge in [0.1, 0.15) is 3.74 Å². The van der Waals surface area contributed by atoms with E-state index in [4.69, 9.17) is 23.2 Å². The molecule has 0 saturated heterocycles. The Labute approximate surface area is 89.8 Å². The molecule has 0 atom stereocenters. The second-order valence-electron chi connectivity index (χ2n) is 1.53. The monoisotopic (exact) mass is 319 g/mol. The summed E-state index contributed by atoms with van der Waals surface area (Å²) in [6.07, 6.45) is 0. The van der Waals surface area contributed by atoms with Gasteiger partial charge in [0.05, 0.1) is 0 Å². The molecule has 0 saturated carbocycles. The van der Waals surface area contributed by atoms with Gasteiger partial charge in [-0.05, 0) is 23.2 Å². The normalized spacial score (nSPS) is 10.6. The van der Waals surface area contributed by atoms with E-state index in [0.29, 0.717) is 5.82 Å². The van der Waals surface area contributed by atoms with Crippen LogP contribution < -0.4 is 0 Å². The minimum absolute atomic E-state index is 0.0869. The summed E-state index contributed by atoms with van der Waals surface area (Å²) in [4.78, 5) is 11.2. The molecule has 0 fully saturated rings. The molecule has 1 aromatic rings. The fraction of sp³-hybridized carbons (Fsp3) is 0.250. The van der Waals surface area contributed by atoms with Crippen molar-refractivity contribution >= 4 is 55.1 Å². The lowest BCUT2D eigenvalue weighted by atomic mass is 10.7. The zero-order chi connectivity index (χ0) is 8.43. The Kier molecular flexibility index (Phi) is 3.49. The van der Waals surface area contributed by atoms with Crippen LogP contribution in [0.4, 0.5) is 0 Å². The molecule has 0 bridgehead atoms. The van der Waals surface area contributed by atoms with Crippen LogP contribution in [-0.2, 0) is 0 Å². The molecule has 3 nitrogen and oxygen atoms in total. The van der Waals surface area contributed by atoms with E-state index in [1.165, 1.54) is 0 Å². The number of halogens is 4. The highest BCUT2D eigenvalue weighted by molar-refractivity contribution is 9.24. The second-order valence-corrected chi connectivity index (χ2v) is 5.27. The lowest BCUT2D eigenvalue weighted by Crippen LogP contribution is -1.96. The van der Waals surface area contributed by atoms with Gasteiger partial charge in [-0.3, -0.25) is 0 Å². The third-order valence-electron chi connectivity index (χ3n) is 0.793. The molecule has 11 heavy (non-hydrogen) atoms. The molecule has 0 N–H and O–H groups in total. The Morgan fingerprint density at radius 2 is 1.45 bits per heavy atom. The quantitative estimate of drug-likeness (QED) is 0.746. The zero-order valence-electron chi connectivity index (χ0n) is 4.93. The Bertz CT molecular complexity index is 247. The average molecular weight is 322 g/mol. The average Bonchev–Trinajstić information content (AvgIpc) is 1.85. The number of alkyl halides is 2. The van der Waals surface area contributed by atoms with Gasteiger partial charge in [-0.25, -0.2) is 9.97 Å². The van der Waals surface area contributed by atoms with Gasteiger partial charge in [-0.1, -0.05) is 31.9 Å². The second kappa shape index (κ2) is 3.98. The van der Waals surface area contributed by atoms with Crippen molar-refractivity contribution in [3.8, 4) is 0 Å². The van der Waals surface area contributed by atoms with Crippen LogP contribution in [0.2, 0.25) is 10.6 Å². The fourth-order valence-corrected chi connectivity index (χ4v) is 1.22. The van der Waals surface area contributed by atoms with Crippen molar-refractivity contribution < 1.29 is 0 Å². The molecule has 1 aromatic heterocycles. The Balaban J connectivity index is 3.08. The molecule has 1 rings (SSSR count). The van der Waals surface area contributed by atoms with E-state index < -0.39 is 0 Å². The third-order valence-corrected chi connectivity index (χ3v) is 1.95. The molecular formula is C4HBr2Cl2N3. The highest BCUT2D eigenvalue weighted by atomic mass is 79.9. The molecule has 0 radical (unpaired) electrons. The largest absolute Gasteiger partial charge is 0.226 e. The molecule has 0 aliphatic rings. The maximum Gasteiger partial charge on any atom is 0.226 e. The van der Waals surface area contributed by atoms with Gasteiger partial charge in [-0.15, -0.1) is 0 Å². The molecular weight excluding hydrogens is 321 g/mol. The van der Waals surface area contributed by atoms with E-state index in [1.807, 2.05) is 0 Å². The van der Waals surface area contributed by atoms with Crippen molar-refractivity contribution in [3.63, 3.8) is 0 Å². The smallest absolute Gasteiger partial charge is 0.200 e. The van der Waals surface area contributed by atoms with Gasteiger partial charge in [0.15, 0.2) is 5.82 Å². The number of hydrogen-bond donors (Lipinski definition) is 0. The van der Waals surface area contributed by atoms with Crippen molar-refractivity contribution in [1.29, 1.82) is 0 Å². The summed E-state index contributed by atoms with van der Waals surface area (Å²) in [5.41, 5.74) is 0. The van der Waals surface area contributed by atoms with Crippen LogP contribution in [0.15, 0.2) is 0 Å². The molecule has 0 aromatic carbocycles. The van der Waals surface area contributed by atoms with Gasteiger partial charge in [0.2, 0.25) is 10.6 Å². The molecule has 0 aliphatic carbocycles. The first-order valence-corrected chi connectivity index (χ1v) is 5.03. The summed E-state index contributed by atoms with van der Waals surface area (Å²) in [5, 5.41) is 0.174. The summed E-state index contributed by atoms with van der Waals surface area (Å²) in [5.74, 6) is 0.454. The van der Waals surface area contributed by atoms with Crippen molar-refractivity contribution in [3.05, 3.63) is 16.4 Å². The van der Waals surface area contributed by atoms with Crippen molar-refractivity contribution in [2.75, 3.05) is 0 Å². The fourth-order valence-electron chi connectivity index (χ4n) is 0.438. The minimum atomic E-state index is -0.159. The predicted octanol–water partition coefficient (Wildman–Crippen LogP) is 2.97. The first kappa shape index (κ1) is 9.64. The molecule has 0 unspecified atom stereocenters. The zero-order valence-corrected chi connectivity index (χ0v) is 9.61. The van der Waals surface area contributed by atoms with Gasteiger partial charge < -0.3 is 0 Å². The Hall–Kier alpha value is 0.550. The van der Waals surface area contributed by atoms with Crippen LogP contribution in [0.25, 0.3) is 0 Å². The van der Waals surface area contributed by atoms with Crippen molar-refractivity contribution in [2.45, 2.75) is 3.74 Å². The lowest BCUT2D eigenvalue weighted by Gasteiger charge is -1.99. The minimum Gasteiger partial charge on any atom is -0.200 e. The van der Waals surface area contributed by atoms with Crippen LogP contribution >= 0.6 is 55.1 Å². The molecule has 0 amide bonds. The van der Waals surface area contributed by atoms with E-state index in [0.717, 1.165) is 0 Å². The molecule has 7 heteroatoms. The standard InChI is InChI=1S/C4HBr2Cl2N3/c5-1(6)2-9-3(7)11-4(8)10-2/h1H. The lowest BCUT2D eigenvalue weighted by molar-refractivity contribution is 0.964. The number of nitrogens with zero attached hydrogens (tertiary/aromatic N) is 3. The molecule has 0 spiro atoms. The topological polar surface area (TPSA) is 38.7 Å². The van der Waals surface area contributed by atoms with E-state index in [9.17, 15) is 0 Å². The first-order valence-electron chi connectivity index (χ1n) is 2.44. The maximum atomic E-state index is 5.51. The molecule has 0 aliphatic heterocycles. The van der Waals surface area contributed by atoms with E-state index >= 15 is 0 Å². The number of rotatable bonds is 1. The highest BCUT2D eigenvalue weighted by Crippen LogP contribution is 2.26. The van der Waals surface area contributed by atoms with E-state index in [-0.39, 0.29) is 14.3 Å². The summed E-state index contributed by atoms with van der Waals surface area (Å²) in [6, 6.07) is 0. The molecule has 1 heterocycles. The van der Waals surface area contributed by atoms with Crippen molar-refractivity contribution in [2.24, 2.45) is 0 Å². The number of hydrogen-bond acceptors (Lipinski definition) is 3. The van der Waals surface area contributed by atoms with Crippen molar-refractivity contribution in [1.82, 2.24) is 15.0 Å². The van der Waals surface area contributed by atoms with Crippen LogP contribution in [0.5, 0.6) is 0 Å². The van der Waals surface area contributed by atoms with Gasteiger partial charge >= 0.3 is 0 Å². The van der Waals surface area contributed by atoms with Crippen LogP contribution in [-0.4, -0.2) is 15.0 Å². The van der Waals surface area contributed by atoms with Crippen LogP contribution in [0.1, 0.15) is 9.56 Å². The summed E-state index contributed by atoms with van der Waals surface area (Å²) < 4.78 is -0.159. The predicted molar refractivity (Wildman–Crippen MR) is 50.4 cm³/mol. The Morgan fingerprint density at radius 3 is 1.82 bits per heavy atom. The SMILES string of the molecule is Clc1nc(Cl)nc(C(Br)Br)n1. The van der Waals surface area contributed by atoms with E-state index in [2.05, 4.69) is 46.8 Å². The maximum absolute atomic E-state index is 5.51. The van der Waals surface area contributed by atoms with E-state index in [1.54, 1.807) is 0 Å². The summed E-state index contributed by atoms with van der Waals surface area (Å²) in [7, 11) is 0. The first-order chi connectivity index (χ1) is 5.09. The Morgan fingerprint density at radius 1 is 1.00 bits per heavy atom. The third kappa shape index (κ3) is 2.82. The van der Waals surface area contributed by atoms with Crippen LogP contribution in [0.3, 0.4) is 0 Å². The molecule has 60 valence electrons. The van der Waals surface area contributed by atoms with Gasteiger partial charge in [0, 0.05) is 0 Å². The summed E-state index contributed by atoms with van der Waals surface area (Å²) in [6.45, 7) is 0. The van der Waals surface area contributed by atoms with Gasteiger partial charge in [-0.2, -0.15) is 4.98 Å².